The summed E-state index contributed by atoms with van der Waals surface area (Å²) in [5.74, 6) is 0.892. The monoisotopic (exact) mass is 413 g/mol. The minimum absolute atomic E-state index is 0.0877. The van der Waals surface area contributed by atoms with Gasteiger partial charge in [-0.05, 0) is 49.4 Å². The molecule has 5 nitrogen and oxygen atoms in total. The fraction of sp³-hybridized carbons (Fsp3) is 0.458. The molecule has 1 N–H and O–H groups in total. The average molecular weight is 413 g/mol. The van der Waals surface area contributed by atoms with Crippen LogP contribution in [-0.4, -0.2) is 49.6 Å². The van der Waals surface area contributed by atoms with Gasteiger partial charge < -0.3 is 19.5 Å². The third-order valence-corrected chi connectivity index (χ3v) is 6.54. The van der Waals surface area contributed by atoms with Gasteiger partial charge in [-0.25, -0.2) is 4.39 Å². The Morgan fingerprint density at radius 1 is 1.13 bits per heavy atom. The highest BCUT2D eigenvalue weighted by Gasteiger charge is 2.37. The number of carbonyl (C=O) groups is 1. The predicted molar refractivity (Wildman–Crippen MR) is 112 cm³/mol. The van der Waals surface area contributed by atoms with Gasteiger partial charge in [0.1, 0.15) is 5.82 Å². The van der Waals surface area contributed by atoms with Crippen molar-refractivity contribution in [3.05, 3.63) is 58.9 Å². The molecule has 0 radical (unpaired) electrons. The number of hydrogen-bond donors (Lipinski definition) is 1. The van der Waals surface area contributed by atoms with Gasteiger partial charge in [0.25, 0.3) is 0 Å². The second-order valence-electron chi connectivity index (χ2n) is 8.28. The largest absolute Gasteiger partial charge is 0.493 e. The van der Waals surface area contributed by atoms with Crippen molar-refractivity contribution in [2.24, 2.45) is 5.92 Å². The van der Waals surface area contributed by atoms with E-state index in [9.17, 15) is 14.3 Å². The van der Waals surface area contributed by atoms with Gasteiger partial charge in [-0.2, -0.15) is 0 Å². The van der Waals surface area contributed by atoms with Crippen molar-refractivity contribution < 1.29 is 23.8 Å². The SMILES string of the molecule is COc1cc2c(cc1OC)C(=O)C(CN1CCC(O)(c3ccccc3F)CC1)CC2. The maximum absolute atomic E-state index is 14.2. The molecule has 0 amide bonds. The number of fused-ring (bicyclic) bond motifs is 1. The highest BCUT2D eigenvalue weighted by molar-refractivity contribution is 6.01. The molecular formula is C24H28FNO4. The molecule has 2 aromatic rings. The number of aryl methyl sites for hydroxylation is 1. The van der Waals surface area contributed by atoms with E-state index in [0.29, 0.717) is 55.1 Å². The van der Waals surface area contributed by atoms with Crippen LogP contribution in [0.2, 0.25) is 0 Å². The summed E-state index contributed by atoms with van der Waals surface area (Å²) in [5.41, 5.74) is 0.938. The van der Waals surface area contributed by atoms with Gasteiger partial charge in [0.2, 0.25) is 0 Å². The van der Waals surface area contributed by atoms with E-state index in [1.54, 1.807) is 38.5 Å². The Kier molecular flexibility index (Phi) is 5.80. The second-order valence-corrected chi connectivity index (χ2v) is 8.28. The van der Waals surface area contributed by atoms with Crippen LogP contribution in [0.15, 0.2) is 36.4 Å². The number of ketones is 1. The van der Waals surface area contributed by atoms with Crippen LogP contribution in [0.1, 0.15) is 40.7 Å². The molecule has 0 spiro atoms. The van der Waals surface area contributed by atoms with E-state index in [1.165, 1.54) is 6.07 Å². The molecule has 1 atom stereocenters. The van der Waals surface area contributed by atoms with Crippen molar-refractivity contribution in [3.63, 3.8) is 0 Å². The summed E-state index contributed by atoms with van der Waals surface area (Å²) >= 11 is 0. The lowest BCUT2D eigenvalue weighted by Crippen LogP contribution is -2.46. The molecule has 160 valence electrons. The molecule has 4 rings (SSSR count). The number of aliphatic hydroxyl groups is 1. The fourth-order valence-corrected chi connectivity index (χ4v) is 4.74. The van der Waals surface area contributed by atoms with Crippen LogP contribution in [-0.2, 0) is 12.0 Å². The summed E-state index contributed by atoms with van der Waals surface area (Å²) in [6.07, 6.45) is 2.52. The quantitative estimate of drug-likeness (QED) is 0.812. The lowest BCUT2D eigenvalue weighted by Gasteiger charge is -2.40. The first kappa shape index (κ1) is 20.8. The molecule has 2 aromatic carbocycles. The molecule has 0 bridgehead atoms. The van der Waals surface area contributed by atoms with E-state index in [0.717, 1.165) is 18.4 Å². The van der Waals surface area contributed by atoms with E-state index in [4.69, 9.17) is 9.47 Å². The third-order valence-electron chi connectivity index (χ3n) is 6.54. The van der Waals surface area contributed by atoms with Crippen molar-refractivity contribution in [2.75, 3.05) is 33.9 Å². The zero-order valence-corrected chi connectivity index (χ0v) is 17.5. The first-order chi connectivity index (χ1) is 14.4. The number of benzene rings is 2. The topological polar surface area (TPSA) is 59.0 Å². The standard InChI is InChI=1S/C24H28FNO4/c1-29-21-13-16-7-8-17(23(27)18(16)14-22(21)30-2)15-26-11-9-24(28,10-12-26)19-5-3-4-6-20(19)25/h3-6,13-14,17,28H,7-12,15H2,1-2H3. The molecule has 1 aliphatic carbocycles. The maximum Gasteiger partial charge on any atom is 0.167 e. The van der Waals surface area contributed by atoms with Crippen LogP contribution in [0.5, 0.6) is 11.5 Å². The predicted octanol–water partition coefficient (Wildman–Crippen LogP) is 3.57. The summed E-state index contributed by atoms with van der Waals surface area (Å²) in [5, 5.41) is 11.0. The smallest absolute Gasteiger partial charge is 0.167 e. The van der Waals surface area contributed by atoms with E-state index in [-0.39, 0.29) is 17.5 Å². The molecule has 6 heteroatoms. The van der Waals surface area contributed by atoms with Gasteiger partial charge in [-0.3, -0.25) is 4.79 Å². The fourth-order valence-electron chi connectivity index (χ4n) is 4.74. The first-order valence-corrected chi connectivity index (χ1v) is 10.4. The molecule has 30 heavy (non-hydrogen) atoms. The highest BCUT2D eigenvalue weighted by atomic mass is 19.1. The van der Waals surface area contributed by atoms with Crippen molar-refractivity contribution in [1.82, 2.24) is 4.90 Å². The number of nitrogens with zero attached hydrogens (tertiary/aromatic N) is 1. The molecule has 1 fully saturated rings. The summed E-state index contributed by atoms with van der Waals surface area (Å²) in [4.78, 5) is 15.3. The molecule has 1 saturated heterocycles. The number of rotatable bonds is 5. The van der Waals surface area contributed by atoms with E-state index in [1.807, 2.05) is 6.07 Å². The Labute approximate surface area is 176 Å². The Bertz CT molecular complexity index is 937. The minimum Gasteiger partial charge on any atom is -0.493 e. The van der Waals surface area contributed by atoms with Gasteiger partial charge in [-0.15, -0.1) is 0 Å². The van der Waals surface area contributed by atoms with Gasteiger partial charge in [-0.1, -0.05) is 18.2 Å². The molecule has 1 heterocycles. The molecule has 0 aromatic heterocycles. The van der Waals surface area contributed by atoms with Gasteiger partial charge >= 0.3 is 0 Å². The maximum atomic E-state index is 14.2. The van der Waals surface area contributed by atoms with Crippen LogP contribution < -0.4 is 9.47 Å². The van der Waals surface area contributed by atoms with Crippen molar-refractivity contribution in [1.29, 1.82) is 0 Å². The first-order valence-electron chi connectivity index (χ1n) is 10.4. The minimum atomic E-state index is -1.14. The number of carbonyl (C=O) groups excluding carboxylic acids is 1. The van der Waals surface area contributed by atoms with Gasteiger partial charge in [0.05, 0.1) is 19.8 Å². The Balaban J connectivity index is 1.43. The number of halogens is 1. The molecule has 0 saturated carbocycles. The second kappa shape index (κ2) is 8.36. The van der Waals surface area contributed by atoms with Gasteiger partial charge in [0.15, 0.2) is 17.3 Å². The van der Waals surface area contributed by atoms with E-state index in [2.05, 4.69) is 4.90 Å². The molecular weight excluding hydrogens is 385 g/mol. The van der Waals surface area contributed by atoms with Crippen LogP contribution in [0.3, 0.4) is 0 Å². The number of likely N-dealkylation sites (tertiary alicyclic amines) is 1. The van der Waals surface area contributed by atoms with Crippen LogP contribution in [0.25, 0.3) is 0 Å². The van der Waals surface area contributed by atoms with E-state index < -0.39 is 5.60 Å². The highest BCUT2D eigenvalue weighted by Crippen LogP contribution is 2.37. The third kappa shape index (κ3) is 3.82. The number of methoxy groups -OCH3 is 2. The number of ether oxygens (including phenoxy) is 2. The summed E-state index contributed by atoms with van der Waals surface area (Å²) in [6.45, 7) is 1.92. The number of hydrogen-bond acceptors (Lipinski definition) is 5. The Hall–Kier alpha value is -2.44. The lowest BCUT2D eigenvalue weighted by molar-refractivity contribution is -0.0308. The summed E-state index contributed by atoms with van der Waals surface area (Å²) < 4.78 is 24.9. The van der Waals surface area contributed by atoms with Crippen molar-refractivity contribution >= 4 is 5.78 Å². The zero-order chi connectivity index (χ0) is 21.3. The molecule has 2 aliphatic rings. The molecule has 1 unspecified atom stereocenters. The van der Waals surface area contributed by atoms with Crippen molar-refractivity contribution in [3.8, 4) is 11.5 Å². The number of piperidine rings is 1. The summed E-state index contributed by atoms with van der Waals surface area (Å²) in [6, 6.07) is 10.1. The Morgan fingerprint density at radius 2 is 1.80 bits per heavy atom. The van der Waals surface area contributed by atoms with Gasteiger partial charge in [0, 0.05) is 36.7 Å². The van der Waals surface area contributed by atoms with Crippen LogP contribution in [0.4, 0.5) is 4.39 Å². The molecule has 1 aliphatic heterocycles. The summed E-state index contributed by atoms with van der Waals surface area (Å²) in [7, 11) is 3.16. The Morgan fingerprint density at radius 3 is 2.47 bits per heavy atom. The van der Waals surface area contributed by atoms with Crippen LogP contribution in [0, 0.1) is 11.7 Å². The normalized spacial score (nSPS) is 21.2. The average Bonchev–Trinajstić information content (AvgIpc) is 2.76. The zero-order valence-electron chi connectivity index (χ0n) is 17.5. The van der Waals surface area contributed by atoms with Crippen molar-refractivity contribution in [2.45, 2.75) is 31.3 Å². The van der Waals surface area contributed by atoms with E-state index >= 15 is 0 Å². The lowest BCUT2D eigenvalue weighted by atomic mass is 9.80. The number of Topliss-reactive ketones (excluding diaryl/α,β-unsaturated/α-hetero) is 1. The van der Waals surface area contributed by atoms with Crippen LogP contribution >= 0.6 is 0 Å².